The van der Waals surface area contributed by atoms with E-state index in [0.717, 1.165) is 17.6 Å². The maximum atomic E-state index is 5.52. The largest absolute Gasteiger partial charge is 0.349 e. The van der Waals surface area contributed by atoms with Crippen LogP contribution >= 0.6 is 0 Å². The first-order chi connectivity index (χ1) is 8.31. The van der Waals surface area contributed by atoms with Crippen LogP contribution in [0.2, 0.25) is 0 Å². The van der Waals surface area contributed by atoms with Crippen LogP contribution in [0.25, 0.3) is 11.0 Å². The van der Waals surface area contributed by atoms with Crippen molar-refractivity contribution in [3.8, 4) is 0 Å². The molecule has 0 unspecified atom stereocenters. The molecule has 0 atom stereocenters. The Bertz CT molecular complexity index is 519. The number of rotatable bonds is 5. The highest BCUT2D eigenvalue weighted by Crippen LogP contribution is 2.07. The first-order valence-corrected chi connectivity index (χ1v) is 5.52. The lowest BCUT2D eigenvalue weighted by molar-refractivity contribution is -0.538. The number of nitrogens with zero attached hydrogens (tertiary/aromatic N) is 4. The summed E-state index contributed by atoms with van der Waals surface area (Å²) in [7, 11) is 1.92. The van der Waals surface area contributed by atoms with Gasteiger partial charge < -0.3 is 4.84 Å². The number of aromatic nitrogens is 3. The van der Waals surface area contributed by atoms with Crippen LogP contribution in [-0.4, -0.2) is 46.4 Å². The van der Waals surface area contributed by atoms with E-state index in [1.807, 2.05) is 49.2 Å². The molecule has 1 heterocycles. The number of hydrogen-bond acceptors (Lipinski definition) is 3. The zero-order valence-electron chi connectivity index (χ0n) is 10.00. The maximum absolute atomic E-state index is 5.52. The topological polar surface area (TPSA) is 55.0 Å². The third-order valence-electron chi connectivity index (χ3n) is 2.22. The minimum Gasteiger partial charge on any atom is -0.349 e. The van der Waals surface area contributed by atoms with Crippen molar-refractivity contribution < 1.29 is 9.41 Å². The standard InChI is InChI=1S/C11H15N5O/c1-3-12-8-15(2)9-17-16-11-7-5-4-6-10(11)13-14-16/h4-8H,3,9H2,1-2H3/p+1. The van der Waals surface area contributed by atoms with Gasteiger partial charge in [0.05, 0.1) is 13.6 Å². The summed E-state index contributed by atoms with van der Waals surface area (Å²) >= 11 is 0. The first-order valence-electron chi connectivity index (χ1n) is 5.52. The van der Waals surface area contributed by atoms with Gasteiger partial charge >= 0.3 is 0 Å². The van der Waals surface area contributed by atoms with Crippen LogP contribution in [0.4, 0.5) is 0 Å². The second kappa shape index (κ2) is 5.29. The molecule has 2 aromatic rings. The van der Waals surface area contributed by atoms with Gasteiger partial charge in [0, 0.05) is 0 Å². The Morgan fingerprint density at radius 1 is 1.47 bits per heavy atom. The first kappa shape index (κ1) is 11.4. The van der Waals surface area contributed by atoms with Crippen LogP contribution < -0.4 is 10.2 Å². The maximum Gasteiger partial charge on any atom is 0.252 e. The van der Waals surface area contributed by atoms with E-state index in [1.165, 1.54) is 4.85 Å². The average molecular weight is 234 g/mol. The summed E-state index contributed by atoms with van der Waals surface area (Å²) in [6, 6.07) is 7.67. The number of benzene rings is 1. The number of nitrogens with one attached hydrogen (secondary N) is 1. The van der Waals surface area contributed by atoms with Gasteiger partial charge in [0.2, 0.25) is 6.34 Å². The van der Waals surface area contributed by atoms with Gasteiger partial charge in [-0.3, -0.25) is 5.32 Å². The van der Waals surface area contributed by atoms with Gasteiger partial charge in [0.1, 0.15) is 11.0 Å². The van der Waals surface area contributed by atoms with Crippen LogP contribution in [0, 0.1) is 0 Å². The molecule has 1 N–H and O–H groups in total. The Balaban J connectivity index is 2.04. The fourth-order valence-electron chi connectivity index (χ4n) is 1.37. The van der Waals surface area contributed by atoms with Crippen LogP contribution in [-0.2, 0) is 0 Å². The summed E-state index contributed by atoms with van der Waals surface area (Å²) in [4.78, 5) is 6.95. The van der Waals surface area contributed by atoms with Gasteiger partial charge in [-0.05, 0) is 24.3 Å². The zero-order valence-corrected chi connectivity index (χ0v) is 10.00. The van der Waals surface area contributed by atoms with Crippen LogP contribution in [0.3, 0.4) is 0 Å². The molecule has 17 heavy (non-hydrogen) atoms. The monoisotopic (exact) mass is 234 g/mol. The van der Waals surface area contributed by atoms with Crippen molar-refractivity contribution in [1.29, 1.82) is 0 Å². The highest BCUT2D eigenvalue weighted by molar-refractivity contribution is 5.73. The molecule has 0 aliphatic carbocycles. The Hall–Kier alpha value is -2.11. The summed E-state index contributed by atoms with van der Waals surface area (Å²) in [6.45, 7) is 3.33. The van der Waals surface area contributed by atoms with Gasteiger partial charge in [-0.25, -0.2) is 4.58 Å². The highest BCUT2D eigenvalue weighted by atomic mass is 16.7. The summed E-state index contributed by atoms with van der Waals surface area (Å²) in [5, 5.41) is 11.0. The molecule has 0 saturated carbocycles. The second-order valence-corrected chi connectivity index (χ2v) is 3.65. The SMILES string of the molecule is CCN/C=[N+](\C)COn1nnc2ccccc21. The van der Waals surface area contributed by atoms with E-state index in [9.17, 15) is 0 Å². The van der Waals surface area contributed by atoms with Crippen molar-refractivity contribution in [1.82, 2.24) is 20.5 Å². The van der Waals surface area contributed by atoms with Crippen LogP contribution in [0.1, 0.15) is 6.92 Å². The summed E-state index contributed by atoms with van der Waals surface area (Å²) < 4.78 is 1.89. The van der Waals surface area contributed by atoms with Crippen LogP contribution in [0.5, 0.6) is 0 Å². The van der Waals surface area contributed by atoms with Crippen molar-refractivity contribution >= 4 is 17.4 Å². The quantitative estimate of drug-likeness (QED) is 0.345. The van der Waals surface area contributed by atoms with E-state index in [2.05, 4.69) is 15.6 Å². The zero-order chi connectivity index (χ0) is 12.1. The second-order valence-electron chi connectivity index (χ2n) is 3.65. The fourth-order valence-corrected chi connectivity index (χ4v) is 1.37. The van der Waals surface area contributed by atoms with Crippen molar-refractivity contribution in [3.05, 3.63) is 24.3 Å². The predicted molar refractivity (Wildman–Crippen MR) is 64.9 cm³/mol. The molecular formula is C11H16N5O+. The third-order valence-corrected chi connectivity index (χ3v) is 2.22. The van der Waals surface area contributed by atoms with Gasteiger partial charge in [0.25, 0.3) is 6.73 Å². The molecule has 6 nitrogen and oxygen atoms in total. The molecule has 0 saturated heterocycles. The lowest BCUT2D eigenvalue weighted by Crippen LogP contribution is -2.27. The Labute approximate surface area is 99.5 Å². The smallest absolute Gasteiger partial charge is 0.252 e. The van der Waals surface area contributed by atoms with Crippen molar-refractivity contribution in [3.63, 3.8) is 0 Å². The summed E-state index contributed by atoms with van der Waals surface area (Å²) in [5.41, 5.74) is 1.69. The van der Waals surface area contributed by atoms with E-state index in [0.29, 0.717) is 6.73 Å². The summed E-state index contributed by atoms with van der Waals surface area (Å²) in [5.74, 6) is 0. The third kappa shape index (κ3) is 2.72. The van der Waals surface area contributed by atoms with E-state index in [1.54, 1.807) is 0 Å². The predicted octanol–water partition coefficient (Wildman–Crippen LogP) is 0.0975. The van der Waals surface area contributed by atoms with Crippen LogP contribution in [0.15, 0.2) is 24.3 Å². The van der Waals surface area contributed by atoms with Gasteiger partial charge in [0.15, 0.2) is 0 Å². The average Bonchev–Trinajstić information content (AvgIpc) is 2.77. The number of fused-ring (bicyclic) bond motifs is 1. The fraction of sp³-hybridized carbons (Fsp3) is 0.364. The molecule has 1 aromatic carbocycles. The molecule has 0 radical (unpaired) electrons. The van der Waals surface area contributed by atoms with Crippen molar-refractivity contribution in [2.45, 2.75) is 6.92 Å². The van der Waals surface area contributed by atoms with Gasteiger partial charge in [-0.15, -0.1) is 5.10 Å². The minimum atomic E-state index is 0.403. The molecule has 90 valence electrons. The Kier molecular flexibility index (Phi) is 3.54. The molecule has 0 aliphatic rings. The molecule has 0 spiro atoms. The van der Waals surface area contributed by atoms with E-state index in [-0.39, 0.29) is 0 Å². The molecule has 6 heteroatoms. The number of para-hydroxylation sites is 1. The summed E-state index contributed by atoms with van der Waals surface area (Å²) in [6.07, 6.45) is 1.86. The van der Waals surface area contributed by atoms with Gasteiger partial charge in [-0.2, -0.15) is 0 Å². The lowest BCUT2D eigenvalue weighted by atomic mass is 10.3. The molecular weight excluding hydrogens is 218 g/mol. The van der Waals surface area contributed by atoms with Crippen molar-refractivity contribution in [2.75, 3.05) is 20.3 Å². The number of hydrogen-bond donors (Lipinski definition) is 1. The van der Waals surface area contributed by atoms with Gasteiger partial charge in [-0.1, -0.05) is 17.0 Å². The Morgan fingerprint density at radius 3 is 3.12 bits per heavy atom. The highest BCUT2D eigenvalue weighted by Gasteiger charge is 2.04. The van der Waals surface area contributed by atoms with Crippen molar-refractivity contribution in [2.24, 2.45) is 0 Å². The van der Waals surface area contributed by atoms with E-state index >= 15 is 0 Å². The Morgan fingerprint density at radius 2 is 2.29 bits per heavy atom. The molecule has 2 rings (SSSR count). The molecule has 0 fully saturated rings. The lowest BCUT2D eigenvalue weighted by Gasteiger charge is -2.04. The van der Waals surface area contributed by atoms with E-state index < -0.39 is 0 Å². The molecule has 0 aliphatic heterocycles. The van der Waals surface area contributed by atoms with E-state index in [4.69, 9.17) is 4.84 Å². The molecule has 0 bridgehead atoms. The minimum absolute atomic E-state index is 0.403. The molecule has 0 amide bonds. The molecule has 1 aromatic heterocycles. The normalized spacial score (nSPS) is 11.8.